The summed E-state index contributed by atoms with van der Waals surface area (Å²) in [6, 6.07) is 18.2. The van der Waals surface area contributed by atoms with E-state index >= 15 is 9.59 Å². The monoisotopic (exact) mass is 1160 g/mol. The first-order chi connectivity index (χ1) is 45.2. The number of esters is 2. The van der Waals surface area contributed by atoms with Crippen LogP contribution in [0.5, 0.6) is 0 Å². The minimum absolute atomic E-state index is 0.0365. The molecule has 30 aromatic carbocycles. The van der Waals surface area contributed by atoms with Gasteiger partial charge in [-0.25, -0.2) is 4.79 Å². The molecule has 410 valence electrons. The highest BCUT2D eigenvalue weighted by Gasteiger charge is 3.01. The summed E-state index contributed by atoms with van der Waals surface area (Å²) in [6.07, 6.45) is -0.383. The number of hydrogen-bond acceptors (Lipinski definition) is 6. The fourth-order valence-electron chi connectivity index (χ4n) is 28.0. The van der Waals surface area contributed by atoms with Crippen molar-refractivity contribution >= 4 is 309 Å². The summed E-state index contributed by atoms with van der Waals surface area (Å²) in [6.45, 7) is 8.43. The van der Waals surface area contributed by atoms with Gasteiger partial charge in [0.05, 0.1) is 17.4 Å². The number of carbonyl (C=O) groups excluding carboxylic acids is 3. The van der Waals surface area contributed by atoms with E-state index in [4.69, 9.17) is 14.2 Å². The average Bonchev–Trinajstić information content (AvgIpc) is 1.36. The molecule has 5 aliphatic carbocycles. The molecule has 0 saturated heterocycles. The molecule has 35 rings (SSSR count). The van der Waals surface area contributed by atoms with Crippen LogP contribution in [0.15, 0.2) is 54.6 Å². The third-order valence-electron chi connectivity index (χ3n) is 28.9. The molecule has 0 atom stereocenters. The fraction of sp³-hybridized carbons (Fsp3) is 0.141. The van der Waals surface area contributed by atoms with E-state index in [1.165, 1.54) is 302 Å². The van der Waals surface area contributed by atoms with E-state index in [2.05, 4.69) is 0 Å². The number of amides is 1. The smallest absolute Gasteiger partial charge is 0.410 e. The minimum Gasteiger partial charge on any atom is -0.465 e. The Hall–Kier alpha value is -10.9. The topological polar surface area (TPSA) is 82.1 Å². The van der Waals surface area contributed by atoms with Gasteiger partial charge in [0.25, 0.3) is 0 Å². The summed E-state index contributed by atoms with van der Waals surface area (Å²) in [4.78, 5) is 50.7. The van der Waals surface area contributed by atoms with Gasteiger partial charge in [0.1, 0.15) is 12.2 Å². The predicted molar refractivity (Wildman–Crippen MR) is 371 cm³/mol. The summed E-state index contributed by atoms with van der Waals surface area (Å²) >= 11 is 0. The maximum absolute atomic E-state index is 17.7. The molecule has 0 aromatic heterocycles. The van der Waals surface area contributed by atoms with Crippen molar-refractivity contribution in [2.45, 2.75) is 63.8 Å². The van der Waals surface area contributed by atoms with E-state index in [-0.39, 0.29) is 19.3 Å². The highest BCUT2D eigenvalue weighted by atomic mass is 16.6. The van der Waals surface area contributed by atoms with Crippen LogP contribution < -0.4 is 0 Å². The van der Waals surface area contributed by atoms with Crippen molar-refractivity contribution in [2.24, 2.45) is 5.41 Å². The van der Waals surface area contributed by atoms with Gasteiger partial charge in [0.2, 0.25) is 0 Å². The van der Waals surface area contributed by atoms with Gasteiger partial charge in [-0.3, -0.25) is 14.5 Å². The molecule has 1 saturated carbocycles. The van der Waals surface area contributed by atoms with Crippen LogP contribution >= 0.6 is 0 Å². The standard InChI is InChI=1S/C85H29NO6/c1-5-90-79(87)85(80(88)91-17-20-13-11-19(12-14-20)16-86(81(89)92-82(2,3)4)15-18-9-7-6-8-10-18)83-75-67-59-49-39-31-23-21-22-25-29-27(23)35-43-37(29)47-41-33(25)34-26(22)30-28-24(21)32(31)40-46-36(28)44-38(30)48-42(34)52-51(41)61-55(47)65-57(43)63(53(59)45(35)39)71(75)73(65)77-69(61)70-62(52)56(48)66-58(44)64-54(46)60(50(40)49)68(67)76(83)72(64)74(66)78(70)84(77,83)85/h6-14H,5,15-17H2,1-4H3. The quantitative estimate of drug-likeness (QED) is 0.0620. The average molecular weight is 1160 g/mol. The van der Waals surface area contributed by atoms with Crippen LogP contribution in [0.3, 0.4) is 0 Å². The van der Waals surface area contributed by atoms with Crippen molar-refractivity contribution in [3.63, 3.8) is 0 Å². The molecule has 5 aliphatic rings. The summed E-state index contributed by atoms with van der Waals surface area (Å²) in [7, 11) is 0. The zero-order valence-corrected chi connectivity index (χ0v) is 48.9. The zero-order chi connectivity index (χ0) is 57.8. The lowest BCUT2D eigenvalue weighted by Gasteiger charge is -2.32. The van der Waals surface area contributed by atoms with Crippen LogP contribution in [-0.2, 0) is 54.3 Å². The first-order valence-electron chi connectivity index (χ1n) is 33.4. The second kappa shape index (κ2) is 9.98. The molecule has 2 spiro atoms. The fourth-order valence-corrected chi connectivity index (χ4v) is 28.0. The van der Waals surface area contributed by atoms with Crippen LogP contribution in [0.25, 0.3) is 291 Å². The van der Waals surface area contributed by atoms with Gasteiger partial charge in [-0.2, -0.15) is 0 Å². The van der Waals surface area contributed by atoms with Crippen LogP contribution in [0.4, 0.5) is 4.79 Å². The highest BCUT2D eigenvalue weighted by molar-refractivity contribution is 6.82. The number of carbonyl (C=O) groups is 3. The summed E-state index contributed by atoms with van der Waals surface area (Å²) < 4.78 is 20.0. The molecule has 30 aromatic rings. The third kappa shape index (κ3) is 2.57. The molecule has 0 aliphatic heterocycles. The van der Waals surface area contributed by atoms with Crippen LogP contribution in [-0.4, -0.2) is 35.1 Å². The molecule has 0 unspecified atom stereocenters. The van der Waals surface area contributed by atoms with Gasteiger partial charge in [0.15, 0.2) is 5.41 Å². The van der Waals surface area contributed by atoms with Gasteiger partial charge in [0, 0.05) is 13.1 Å². The maximum atomic E-state index is 17.7. The molecular formula is C85H29NO6. The molecule has 7 nitrogen and oxygen atoms in total. The van der Waals surface area contributed by atoms with Crippen LogP contribution in [0, 0.1) is 5.41 Å². The SMILES string of the molecule is CCOC(=O)C1(C(=O)OCc2ccc(CN(Cc3ccccc3)C(=O)OC(C)(C)C)cc2)C23c4c5c6c7c8c9c(c%10c%11c2c2c4c4c%12c5c5c6c6c8c8c%13c9c9c%10c%10c%11c%11c2c2c4c4c%12c%12c5c5c6c8c6c8c%13c9c9c%10c%10c%11c2c2c4c4c%12c5c6c5c8c9c%10c2c45)C713. The summed E-state index contributed by atoms with van der Waals surface area (Å²) in [5.74, 6) is -0.926. The number of hydrogen-bond donors (Lipinski definition) is 0. The molecule has 0 N–H and O–H groups in total. The largest absolute Gasteiger partial charge is 0.465 e. The number of nitrogens with zero attached hydrogens (tertiary/aromatic N) is 1. The molecule has 0 bridgehead atoms. The molecule has 92 heavy (non-hydrogen) atoms. The third-order valence-corrected chi connectivity index (χ3v) is 28.9. The molecule has 7 heteroatoms. The lowest BCUT2D eigenvalue weighted by molar-refractivity contribution is -0.167. The van der Waals surface area contributed by atoms with Gasteiger partial charge in [-0.05, 0) is 357 Å². The van der Waals surface area contributed by atoms with E-state index in [1.807, 2.05) is 82.3 Å². The lowest BCUT2D eigenvalue weighted by atomic mass is 9.68. The van der Waals surface area contributed by atoms with Crippen molar-refractivity contribution in [3.8, 4) is 0 Å². The van der Waals surface area contributed by atoms with Crippen LogP contribution in [0.2, 0.25) is 0 Å². The van der Waals surface area contributed by atoms with E-state index in [1.54, 1.807) is 15.7 Å². The Bertz CT molecular complexity index is 7890. The first-order valence-corrected chi connectivity index (χ1v) is 33.4. The maximum Gasteiger partial charge on any atom is 0.410 e. The van der Waals surface area contributed by atoms with Gasteiger partial charge in [-0.1, -0.05) is 54.6 Å². The molecule has 1 amide bonds. The van der Waals surface area contributed by atoms with Crippen molar-refractivity contribution < 1.29 is 28.6 Å². The van der Waals surface area contributed by atoms with Crippen molar-refractivity contribution in [1.82, 2.24) is 4.90 Å². The Balaban J connectivity index is 0.771. The minimum atomic E-state index is -1.83. The summed E-state index contributed by atoms with van der Waals surface area (Å²) in [5, 5.41) is 78.4. The highest BCUT2D eigenvalue weighted by Crippen LogP contribution is 2.96. The Morgan fingerprint density at radius 1 is 0.315 bits per heavy atom. The molecule has 0 radical (unpaired) electrons. The molecular weight excluding hydrogens is 1130 g/mol. The normalized spacial score (nSPS) is 21.3. The van der Waals surface area contributed by atoms with Crippen molar-refractivity contribution in [3.05, 3.63) is 93.5 Å². The van der Waals surface area contributed by atoms with Gasteiger partial charge < -0.3 is 14.2 Å². The molecule has 1 fully saturated rings. The Labute approximate surface area is 508 Å². The van der Waals surface area contributed by atoms with E-state index in [9.17, 15) is 4.79 Å². The summed E-state index contributed by atoms with van der Waals surface area (Å²) in [5.41, 5.74) is 2.81. The van der Waals surface area contributed by atoms with Crippen molar-refractivity contribution in [2.75, 3.05) is 6.61 Å². The number of rotatable bonds is 9. The predicted octanol–water partition coefficient (Wildman–Crippen LogP) is 20.5. The van der Waals surface area contributed by atoms with Gasteiger partial charge >= 0.3 is 18.0 Å². The Morgan fingerprint density at radius 2 is 0.543 bits per heavy atom. The van der Waals surface area contributed by atoms with Crippen LogP contribution in [0.1, 0.15) is 66.6 Å². The molecule has 0 heterocycles. The Kier molecular flexibility index (Phi) is 4.34. The second-order valence-corrected chi connectivity index (χ2v) is 31.9. The Morgan fingerprint density at radius 3 is 0.793 bits per heavy atom. The lowest BCUT2D eigenvalue weighted by Crippen LogP contribution is -2.38. The van der Waals surface area contributed by atoms with Crippen molar-refractivity contribution in [1.29, 1.82) is 0 Å². The number of ether oxygens (including phenoxy) is 3. The second-order valence-electron chi connectivity index (χ2n) is 31.9. The van der Waals surface area contributed by atoms with Gasteiger partial charge in [-0.15, -0.1) is 0 Å². The first kappa shape index (κ1) is 40.0. The van der Waals surface area contributed by atoms with E-state index in [0.717, 1.165) is 16.7 Å². The van der Waals surface area contributed by atoms with E-state index in [0.29, 0.717) is 13.1 Å². The zero-order valence-electron chi connectivity index (χ0n) is 48.9. The number of benzene rings is 20. The van der Waals surface area contributed by atoms with E-state index < -0.39 is 33.8 Å².